The molecule has 0 spiro atoms. The molecule has 0 saturated carbocycles. The number of hydrogen-bond donors (Lipinski definition) is 2. The summed E-state index contributed by atoms with van der Waals surface area (Å²) >= 11 is 0. The van der Waals surface area contributed by atoms with E-state index in [2.05, 4.69) is 10.3 Å². The number of aliphatic hydroxyl groups is 1. The molecule has 1 atom stereocenters. The molecule has 0 aliphatic rings. The van der Waals surface area contributed by atoms with E-state index >= 15 is 0 Å². The Balaban J connectivity index is 1.89. The van der Waals surface area contributed by atoms with E-state index in [9.17, 15) is 9.90 Å². The monoisotopic (exact) mass is 320 g/mol. The van der Waals surface area contributed by atoms with E-state index in [1.807, 2.05) is 56.3 Å². The molecule has 2 N–H and O–H groups in total. The van der Waals surface area contributed by atoms with Crippen molar-refractivity contribution in [3.63, 3.8) is 0 Å². The quantitative estimate of drug-likeness (QED) is 0.773. The van der Waals surface area contributed by atoms with Gasteiger partial charge in [0.25, 0.3) is 5.91 Å². The van der Waals surface area contributed by atoms with Crippen LogP contribution in [0, 0.1) is 6.92 Å². The zero-order valence-electron chi connectivity index (χ0n) is 13.8. The van der Waals surface area contributed by atoms with Gasteiger partial charge in [-0.05, 0) is 48.7 Å². The number of aromatic nitrogens is 1. The molecule has 0 aliphatic heterocycles. The molecule has 0 bridgehead atoms. The van der Waals surface area contributed by atoms with Crippen LogP contribution in [0.5, 0.6) is 0 Å². The van der Waals surface area contributed by atoms with E-state index in [1.165, 1.54) is 0 Å². The number of hydrogen-bond acceptors (Lipinski definition) is 3. The summed E-state index contributed by atoms with van der Waals surface area (Å²) < 4.78 is 0. The second-order valence-electron chi connectivity index (χ2n) is 5.92. The number of pyridine rings is 1. The first-order valence-electron chi connectivity index (χ1n) is 7.95. The molecular weight excluding hydrogens is 300 g/mol. The molecule has 1 amide bonds. The lowest BCUT2D eigenvalue weighted by atomic mass is 10.0. The number of fused-ring (bicyclic) bond motifs is 1. The van der Waals surface area contributed by atoms with Crippen molar-refractivity contribution < 1.29 is 9.90 Å². The first kappa shape index (κ1) is 16.1. The Morgan fingerprint density at radius 3 is 2.79 bits per heavy atom. The van der Waals surface area contributed by atoms with Crippen LogP contribution in [0.3, 0.4) is 0 Å². The molecule has 1 aromatic heterocycles. The third-order valence-corrected chi connectivity index (χ3v) is 4.23. The summed E-state index contributed by atoms with van der Waals surface area (Å²) in [6, 6.07) is 15.1. The summed E-state index contributed by atoms with van der Waals surface area (Å²) in [6.07, 6.45) is 1.76. The average Bonchev–Trinajstić information content (AvgIpc) is 2.61. The molecule has 0 saturated heterocycles. The van der Waals surface area contributed by atoms with Crippen molar-refractivity contribution in [1.29, 1.82) is 0 Å². The fraction of sp³-hybridized carbons (Fsp3) is 0.200. The molecule has 0 fully saturated rings. The van der Waals surface area contributed by atoms with Crippen LogP contribution >= 0.6 is 0 Å². The number of para-hydroxylation sites is 1. The largest absolute Gasteiger partial charge is 0.392 e. The Bertz CT molecular complexity index is 884. The van der Waals surface area contributed by atoms with Crippen LogP contribution < -0.4 is 5.32 Å². The van der Waals surface area contributed by atoms with Gasteiger partial charge in [0, 0.05) is 17.1 Å². The molecule has 24 heavy (non-hydrogen) atoms. The maximum absolute atomic E-state index is 12.6. The third kappa shape index (κ3) is 3.14. The molecule has 122 valence electrons. The molecule has 4 heteroatoms. The highest BCUT2D eigenvalue weighted by molar-refractivity contribution is 5.96. The number of aryl methyl sites for hydroxylation is 1. The van der Waals surface area contributed by atoms with E-state index in [1.54, 1.807) is 12.3 Å². The van der Waals surface area contributed by atoms with Crippen LogP contribution in [0.2, 0.25) is 0 Å². The lowest BCUT2D eigenvalue weighted by Crippen LogP contribution is -2.27. The number of nitrogens with zero attached hydrogens (tertiary/aromatic N) is 1. The van der Waals surface area contributed by atoms with Crippen molar-refractivity contribution in [2.45, 2.75) is 26.5 Å². The Morgan fingerprint density at radius 2 is 2.00 bits per heavy atom. The molecule has 3 aromatic rings. The Labute approximate surface area is 141 Å². The Hall–Kier alpha value is -2.72. The number of benzene rings is 2. The topological polar surface area (TPSA) is 62.2 Å². The van der Waals surface area contributed by atoms with Crippen LogP contribution in [0.15, 0.2) is 54.7 Å². The minimum atomic E-state index is -0.150. The minimum absolute atomic E-state index is 0.0783. The molecule has 2 aromatic carbocycles. The number of carbonyl (C=O) groups excluding carboxylic acids is 1. The first-order chi connectivity index (χ1) is 11.6. The summed E-state index contributed by atoms with van der Waals surface area (Å²) in [5.41, 5.74) is 4.15. The van der Waals surface area contributed by atoms with Gasteiger partial charge >= 0.3 is 0 Å². The Kier molecular flexibility index (Phi) is 4.58. The van der Waals surface area contributed by atoms with Gasteiger partial charge in [0.2, 0.25) is 0 Å². The maximum Gasteiger partial charge on any atom is 0.252 e. The summed E-state index contributed by atoms with van der Waals surface area (Å²) in [5.74, 6) is -0.142. The molecule has 1 heterocycles. The molecular formula is C20H20N2O2. The van der Waals surface area contributed by atoms with Crippen molar-refractivity contribution >= 4 is 16.8 Å². The van der Waals surface area contributed by atoms with Crippen LogP contribution in [-0.2, 0) is 6.61 Å². The van der Waals surface area contributed by atoms with E-state index < -0.39 is 0 Å². The average molecular weight is 320 g/mol. The third-order valence-electron chi connectivity index (χ3n) is 4.23. The summed E-state index contributed by atoms with van der Waals surface area (Å²) in [6.45, 7) is 3.78. The second-order valence-corrected chi connectivity index (χ2v) is 5.92. The van der Waals surface area contributed by atoms with Crippen molar-refractivity contribution in [2.24, 2.45) is 0 Å². The van der Waals surface area contributed by atoms with Crippen molar-refractivity contribution in [2.75, 3.05) is 0 Å². The molecule has 3 rings (SSSR count). The van der Waals surface area contributed by atoms with Crippen LogP contribution in [0.4, 0.5) is 0 Å². The SMILES string of the molecule is Cc1ccc(CO)cc1C(=O)NC(C)c1ccnc2ccccc12. The van der Waals surface area contributed by atoms with Gasteiger partial charge in [-0.2, -0.15) is 0 Å². The standard InChI is InChI=1S/C20H20N2O2/c1-13-7-8-15(12-23)11-18(13)20(24)22-14(2)16-9-10-21-19-6-4-3-5-17(16)19/h3-11,14,23H,12H2,1-2H3,(H,22,24). The van der Waals surface area contributed by atoms with Crippen LogP contribution in [0.25, 0.3) is 10.9 Å². The van der Waals surface area contributed by atoms with Crippen molar-refractivity contribution in [1.82, 2.24) is 10.3 Å². The van der Waals surface area contributed by atoms with E-state index in [0.717, 1.165) is 27.6 Å². The van der Waals surface area contributed by atoms with E-state index in [0.29, 0.717) is 5.56 Å². The molecule has 4 nitrogen and oxygen atoms in total. The normalized spacial score (nSPS) is 12.1. The van der Waals surface area contributed by atoms with Crippen molar-refractivity contribution in [3.8, 4) is 0 Å². The summed E-state index contributed by atoms with van der Waals surface area (Å²) in [4.78, 5) is 17.0. The highest BCUT2D eigenvalue weighted by atomic mass is 16.3. The van der Waals surface area contributed by atoms with Gasteiger partial charge in [-0.3, -0.25) is 9.78 Å². The Morgan fingerprint density at radius 1 is 1.21 bits per heavy atom. The zero-order valence-corrected chi connectivity index (χ0v) is 13.8. The second kappa shape index (κ2) is 6.81. The molecule has 0 radical (unpaired) electrons. The fourth-order valence-corrected chi connectivity index (χ4v) is 2.86. The van der Waals surface area contributed by atoms with E-state index in [4.69, 9.17) is 0 Å². The van der Waals surface area contributed by atoms with Crippen LogP contribution in [0.1, 0.15) is 40.0 Å². The van der Waals surface area contributed by atoms with Gasteiger partial charge in [0.1, 0.15) is 0 Å². The smallest absolute Gasteiger partial charge is 0.252 e. The molecule has 1 unspecified atom stereocenters. The first-order valence-corrected chi connectivity index (χ1v) is 7.95. The maximum atomic E-state index is 12.6. The number of rotatable bonds is 4. The van der Waals surface area contributed by atoms with E-state index in [-0.39, 0.29) is 18.6 Å². The predicted molar refractivity (Wildman–Crippen MR) is 94.7 cm³/mol. The zero-order chi connectivity index (χ0) is 17.1. The highest BCUT2D eigenvalue weighted by Crippen LogP contribution is 2.23. The van der Waals surface area contributed by atoms with Gasteiger partial charge in [-0.15, -0.1) is 0 Å². The van der Waals surface area contributed by atoms with Gasteiger partial charge in [0.05, 0.1) is 18.2 Å². The number of aliphatic hydroxyl groups excluding tert-OH is 1. The summed E-state index contributed by atoms with van der Waals surface area (Å²) in [5, 5.41) is 13.4. The summed E-state index contributed by atoms with van der Waals surface area (Å²) in [7, 11) is 0. The van der Waals surface area contributed by atoms with Gasteiger partial charge < -0.3 is 10.4 Å². The molecule has 0 aliphatic carbocycles. The lowest BCUT2D eigenvalue weighted by molar-refractivity contribution is 0.0939. The van der Waals surface area contributed by atoms with Gasteiger partial charge in [0.15, 0.2) is 0 Å². The highest BCUT2D eigenvalue weighted by Gasteiger charge is 2.15. The fourth-order valence-electron chi connectivity index (χ4n) is 2.86. The van der Waals surface area contributed by atoms with Gasteiger partial charge in [-0.1, -0.05) is 30.3 Å². The van der Waals surface area contributed by atoms with Crippen LogP contribution in [-0.4, -0.2) is 16.0 Å². The number of carbonyl (C=O) groups is 1. The van der Waals surface area contributed by atoms with Crippen molar-refractivity contribution in [3.05, 3.63) is 77.0 Å². The predicted octanol–water partition coefficient (Wildman–Crippen LogP) is 3.53. The number of amides is 1. The van der Waals surface area contributed by atoms with Gasteiger partial charge in [-0.25, -0.2) is 0 Å². The minimum Gasteiger partial charge on any atom is -0.392 e. The lowest BCUT2D eigenvalue weighted by Gasteiger charge is -2.17. The number of nitrogens with one attached hydrogen (secondary N) is 1.